The van der Waals surface area contributed by atoms with Gasteiger partial charge in [0.25, 0.3) is 0 Å². The van der Waals surface area contributed by atoms with Gasteiger partial charge in [0, 0.05) is 11.8 Å². The number of hydrogen-bond acceptors (Lipinski definition) is 4. The van der Waals surface area contributed by atoms with Gasteiger partial charge < -0.3 is 10.4 Å². The number of carbonyl (C=O) groups is 1. The summed E-state index contributed by atoms with van der Waals surface area (Å²) in [6.45, 7) is 0. The van der Waals surface area contributed by atoms with Crippen LogP contribution in [0.1, 0.15) is 19.3 Å². The number of anilines is 1. The highest BCUT2D eigenvalue weighted by Crippen LogP contribution is 2.22. The Balaban J connectivity index is 2.12. The van der Waals surface area contributed by atoms with Gasteiger partial charge in [0.05, 0.1) is 5.75 Å². The summed E-state index contributed by atoms with van der Waals surface area (Å²) in [7, 11) is -3.33. The Morgan fingerprint density at radius 1 is 1.33 bits per heavy atom. The zero-order valence-electron chi connectivity index (χ0n) is 9.80. The van der Waals surface area contributed by atoms with Crippen molar-refractivity contribution in [3.63, 3.8) is 0 Å². The van der Waals surface area contributed by atoms with E-state index in [1.54, 1.807) is 12.1 Å². The van der Waals surface area contributed by atoms with Crippen LogP contribution in [-0.4, -0.2) is 30.4 Å². The standard InChI is InChI=1S/C12H15NO4S/c14-10-5-3-4-9(8-10)13-12(15)11-6-1-2-7-18(11,16)17/h3-5,8,11,14H,1-2,6-7H2,(H,13,15). The molecule has 0 spiro atoms. The number of hydrogen-bond donors (Lipinski definition) is 2. The molecule has 1 amide bonds. The molecule has 1 unspecified atom stereocenters. The van der Waals surface area contributed by atoms with Gasteiger partial charge in [-0.05, 0) is 25.0 Å². The number of sulfone groups is 1. The van der Waals surface area contributed by atoms with Gasteiger partial charge in [0.1, 0.15) is 11.0 Å². The second kappa shape index (κ2) is 4.97. The fourth-order valence-corrected chi connectivity index (χ4v) is 3.86. The first kappa shape index (κ1) is 12.9. The van der Waals surface area contributed by atoms with Crippen LogP contribution >= 0.6 is 0 Å². The summed E-state index contributed by atoms with van der Waals surface area (Å²) in [5, 5.41) is 10.8. The van der Waals surface area contributed by atoms with Crippen LogP contribution in [0, 0.1) is 0 Å². The average molecular weight is 269 g/mol. The zero-order valence-corrected chi connectivity index (χ0v) is 10.6. The third kappa shape index (κ3) is 2.81. The molecule has 1 saturated heterocycles. The molecule has 5 nitrogen and oxygen atoms in total. The summed E-state index contributed by atoms with van der Waals surface area (Å²) < 4.78 is 23.5. The Bertz CT molecular complexity index is 553. The molecule has 2 N–H and O–H groups in total. The SMILES string of the molecule is O=C(Nc1cccc(O)c1)C1CCCCS1(=O)=O. The van der Waals surface area contributed by atoms with E-state index in [1.807, 2.05) is 0 Å². The minimum absolute atomic E-state index is 0.0271. The maximum absolute atomic E-state index is 11.9. The van der Waals surface area contributed by atoms with Crippen LogP contribution in [0.15, 0.2) is 24.3 Å². The lowest BCUT2D eigenvalue weighted by molar-refractivity contribution is -0.116. The maximum Gasteiger partial charge on any atom is 0.242 e. The summed E-state index contributed by atoms with van der Waals surface area (Å²) in [6.07, 6.45) is 1.74. The highest BCUT2D eigenvalue weighted by molar-refractivity contribution is 7.92. The van der Waals surface area contributed by atoms with Crippen LogP contribution in [0.4, 0.5) is 5.69 Å². The van der Waals surface area contributed by atoms with Gasteiger partial charge in [0.15, 0.2) is 9.84 Å². The number of rotatable bonds is 2. The molecule has 1 atom stereocenters. The van der Waals surface area contributed by atoms with Crippen LogP contribution < -0.4 is 5.32 Å². The number of carbonyl (C=O) groups excluding carboxylic acids is 1. The van der Waals surface area contributed by atoms with Gasteiger partial charge in [-0.1, -0.05) is 12.5 Å². The molecule has 6 heteroatoms. The highest BCUT2D eigenvalue weighted by Gasteiger charge is 2.34. The van der Waals surface area contributed by atoms with E-state index in [2.05, 4.69) is 5.32 Å². The van der Waals surface area contributed by atoms with E-state index in [0.717, 1.165) is 6.42 Å². The van der Waals surface area contributed by atoms with Crippen LogP contribution in [0.3, 0.4) is 0 Å². The van der Waals surface area contributed by atoms with Gasteiger partial charge in [-0.3, -0.25) is 4.79 Å². The molecule has 0 bridgehead atoms. The van der Waals surface area contributed by atoms with E-state index < -0.39 is 21.0 Å². The molecule has 0 aliphatic carbocycles. The van der Waals surface area contributed by atoms with Gasteiger partial charge in [0.2, 0.25) is 5.91 Å². The van der Waals surface area contributed by atoms with E-state index in [1.165, 1.54) is 12.1 Å². The Kier molecular flexibility index (Phi) is 3.56. The first-order valence-electron chi connectivity index (χ1n) is 5.80. The highest BCUT2D eigenvalue weighted by atomic mass is 32.2. The van der Waals surface area contributed by atoms with Crippen molar-refractivity contribution in [3.8, 4) is 5.75 Å². The summed E-state index contributed by atoms with van der Waals surface area (Å²) in [6, 6.07) is 6.05. The fourth-order valence-electron chi connectivity index (χ4n) is 2.06. The quantitative estimate of drug-likeness (QED) is 0.847. The maximum atomic E-state index is 11.9. The third-order valence-electron chi connectivity index (χ3n) is 2.98. The summed E-state index contributed by atoms with van der Waals surface area (Å²) >= 11 is 0. The average Bonchev–Trinajstić information content (AvgIpc) is 2.28. The lowest BCUT2D eigenvalue weighted by Gasteiger charge is -2.21. The smallest absolute Gasteiger partial charge is 0.242 e. The summed E-state index contributed by atoms with van der Waals surface area (Å²) in [5.41, 5.74) is 0.403. The number of amides is 1. The number of benzene rings is 1. The Morgan fingerprint density at radius 2 is 2.11 bits per heavy atom. The topological polar surface area (TPSA) is 83.5 Å². The second-order valence-corrected chi connectivity index (χ2v) is 6.69. The van der Waals surface area contributed by atoms with Crippen molar-refractivity contribution in [2.24, 2.45) is 0 Å². The number of nitrogens with one attached hydrogen (secondary N) is 1. The van der Waals surface area contributed by atoms with Crippen molar-refractivity contribution >= 4 is 21.4 Å². The van der Waals surface area contributed by atoms with Crippen molar-refractivity contribution < 1.29 is 18.3 Å². The van der Waals surface area contributed by atoms with Gasteiger partial charge in [-0.2, -0.15) is 0 Å². The lowest BCUT2D eigenvalue weighted by atomic mass is 10.2. The van der Waals surface area contributed by atoms with Crippen LogP contribution in [0.2, 0.25) is 0 Å². The van der Waals surface area contributed by atoms with Crippen molar-refractivity contribution in [3.05, 3.63) is 24.3 Å². The minimum atomic E-state index is -3.33. The van der Waals surface area contributed by atoms with E-state index in [9.17, 15) is 18.3 Å². The molecule has 0 saturated carbocycles. The third-order valence-corrected chi connectivity index (χ3v) is 5.16. The molecule has 0 aromatic heterocycles. The number of phenolic OH excluding ortho intramolecular Hbond substituents is 1. The molecule has 1 fully saturated rings. The number of phenols is 1. The first-order valence-corrected chi connectivity index (χ1v) is 7.52. The predicted octanol–water partition coefficient (Wildman–Crippen LogP) is 1.30. The normalized spacial score (nSPS) is 22.3. The molecule has 1 aliphatic rings. The molecule has 0 radical (unpaired) electrons. The molecular weight excluding hydrogens is 254 g/mol. The Morgan fingerprint density at radius 3 is 2.78 bits per heavy atom. The van der Waals surface area contributed by atoms with E-state index >= 15 is 0 Å². The van der Waals surface area contributed by atoms with Crippen LogP contribution in [-0.2, 0) is 14.6 Å². The Hall–Kier alpha value is -1.56. The molecule has 1 aliphatic heterocycles. The Labute approximate surface area is 106 Å². The van der Waals surface area contributed by atoms with Crippen molar-refractivity contribution in [1.82, 2.24) is 0 Å². The van der Waals surface area contributed by atoms with Crippen LogP contribution in [0.5, 0.6) is 5.75 Å². The molecule has 98 valence electrons. The van der Waals surface area contributed by atoms with Crippen molar-refractivity contribution in [2.75, 3.05) is 11.1 Å². The molecular formula is C12H15NO4S. The van der Waals surface area contributed by atoms with Crippen molar-refractivity contribution in [2.45, 2.75) is 24.5 Å². The van der Waals surface area contributed by atoms with Gasteiger partial charge in [-0.25, -0.2) is 8.42 Å². The minimum Gasteiger partial charge on any atom is -0.508 e. The lowest BCUT2D eigenvalue weighted by Crippen LogP contribution is -2.39. The van der Waals surface area contributed by atoms with E-state index in [0.29, 0.717) is 18.5 Å². The van der Waals surface area contributed by atoms with Crippen LogP contribution in [0.25, 0.3) is 0 Å². The van der Waals surface area contributed by atoms with Gasteiger partial charge in [-0.15, -0.1) is 0 Å². The summed E-state index contributed by atoms with van der Waals surface area (Å²) in [4.78, 5) is 11.9. The number of aromatic hydroxyl groups is 1. The van der Waals surface area contributed by atoms with E-state index in [-0.39, 0.29) is 11.5 Å². The van der Waals surface area contributed by atoms with Crippen molar-refractivity contribution in [1.29, 1.82) is 0 Å². The van der Waals surface area contributed by atoms with Gasteiger partial charge >= 0.3 is 0 Å². The zero-order chi connectivity index (χ0) is 13.2. The largest absolute Gasteiger partial charge is 0.508 e. The molecule has 1 aromatic carbocycles. The molecule has 18 heavy (non-hydrogen) atoms. The molecule has 1 heterocycles. The van der Waals surface area contributed by atoms with E-state index in [4.69, 9.17) is 0 Å². The predicted molar refractivity (Wildman–Crippen MR) is 68.2 cm³/mol. The summed E-state index contributed by atoms with van der Waals surface area (Å²) in [5.74, 6) is -0.412. The monoisotopic (exact) mass is 269 g/mol. The molecule has 1 aromatic rings. The fraction of sp³-hybridized carbons (Fsp3) is 0.417. The first-order chi connectivity index (χ1) is 8.49. The second-order valence-electron chi connectivity index (χ2n) is 4.39. The molecule has 2 rings (SSSR count).